The predicted octanol–water partition coefficient (Wildman–Crippen LogP) is 6.84. The number of ether oxygens (including phenoxy) is 3. The van der Waals surface area contributed by atoms with Crippen molar-refractivity contribution in [2.75, 3.05) is 19.6 Å². The standard InChI is InChI=1S/C36H43ClN2O6Si/c1-34(2,3)46(5,6)43-25-35(24-37)30(23-32(45-35)39-22-21-31(40)38-33(39)41)44-36(26-13-9-7-10-14-26,27-15-11-8-12-16-27)28-17-19-29(42-4)20-18-28/h7-22,30,32H,23-25H2,1-6H3,(H,38,40,41)/t30-,32-,35-/m1/s1. The van der Waals surface area contributed by atoms with Crippen molar-refractivity contribution < 1.29 is 18.6 Å². The first-order chi connectivity index (χ1) is 21.8. The van der Waals surface area contributed by atoms with E-state index in [1.54, 1.807) is 7.11 Å². The molecule has 0 unspecified atom stereocenters. The number of alkyl halides is 1. The number of nitrogens with zero attached hydrogens (tertiary/aromatic N) is 1. The second kappa shape index (κ2) is 13.3. The number of hydrogen-bond acceptors (Lipinski definition) is 6. The van der Waals surface area contributed by atoms with Gasteiger partial charge in [-0.05, 0) is 47.0 Å². The molecular weight excluding hydrogens is 620 g/mol. The molecular formula is C36H43ClN2O6Si. The fourth-order valence-corrected chi connectivity index (χ4v) is 7.01. The Morgan fingerprint density at radius 3 is 1.98 bits per heavy atom. The lowest BCUT2D eigenvalue weighted by Crippen LogP contribution is -2.54. The van der Waals surface area contributed by atoms with Crippen molar-refractivity contribution in [2.24, 2.45) is 0 Å². The Morgan fingerprint density at radius 1 is 0.913 bits per heavy atom. The molecule has 5 rings (SSSR count). The summed E-state index contributed by atoms with van der Waals surface area (Å²) in [6.07, 6.45) is 0.307. The molecule has 0 spiro atoms. The van der Waals surface area contributed by atoms with Gasteiger partial charge in [-0.3, -0.25) is 14.3 Å². The third-order valence-corrected chi connectivity index (χ3v) is 14.4. The van der Waals surface area contributed by atoms with Crippen LogP contribution in [0.4, 0.5) is 0 Å². The van der Waals surface area contributed by atoms with E-state index in [9.17, 15) is 9.59 Å². The second-order valence-electron chi connectivity index (χ2n) is 13.3. The molecule has 0 aliphatic carbocycles. The molecule has 46 heavy (non-hydrogen) atoms. The molecule has 8 nitrogen and oxygen atoms in total. The van der Waals surface area contributed by atoms with E-state index in [2.05, 4.69) is 38.8 Å². The highest BCUT2D eigenvalue weighted by molar-refractivity contribution is 6.74. The minimum Gasteiger partial charge on any atom is -0.497 e. The molecule has 4 aromatic rings. The van der Waals surface area contributed by atoms with E-state index >= 15 is 0 Å². The number of H-pyrrole nitrogens is 1. The molecule has 2 heterocycles. The van der Waals surface area contributed by atoms with Crippen molar-refractivity contribution in [2.45, 2.75) is 68.9 Å². The monoisotopic (exact) mass is 662 g/mol. The number of nitrogens with one attached hydrogen (secondary N) is 1. The lowest BCUT2D eigenvalue weighted by molar-refractivity contribution is -0.150. The third kappa shape index (κ3) is 6.52. The van der Waals surface area contributed by atoms with Crippen molar-refractivity contribution >= 4 is 19.9 Å². The van der Waals surface area contributed by atoms with Crippen LogP contribution in [0.3, 0.4) is 0 Å². The second-order valence-corrected chi connectivity index (χ2v) is 18.4. The summed E-state index contributed by atoms with van der Waals surface area (Å²) in [5.41, 5.74) is -0.609. The number of rotatable bonds is 11. The quantitative estimate of drug-likeness (QED) is 0.107. The fraction of sp³-hybridized carbons (Fsp3) is 0.389. The van der Waals surface area contributed by atoms with Crippen LogP contribution in [-0.2, 0) is 19.5 Å². The Hall–Kier alpha value is -3.47. The zero-order chi connectivity index (χ0) is 33.2. The zero-order valence-electron chi connectivity index (χ0n) is 27.3. The molecule has 1 saturated heterocycles. The molecule has 10 heteroatoms. The van der Waals surface area contributed by atoms with Crippen molar-refractivity contribution in [3.63, 3.8) is 0 Å². The van der Waals surface area contributed by atoms with Gasteiger partial charge in [0.15, 0.2) is 8.32 Å². The fourth-order valence-electron chi connectivity index (χ4n) is 5.66. The van der Waals surface area contributed by atoms with Gasteiger partial charge in [-0.2, -0.15) is 0 Å². The summed E-state index contributed by atoms with van der Waals surface area (Å²) >= 11 is 6.90. The van der Waals surface area contributed by atoms with Crippen LogP contribution >= 0.6 is 11.6 Å². The van der Waals surface area contributed by atoms with Gasteiger partial charge in [0.2, 0.25) is 0 Å². The summed E-state index contributed by atoms with van der Waals surface area (Å²) in [5, 5.41) is -0.0638. The maximum absolute atomic E-state index is 13.0. The number of aromatic nitrogens is 2. The Morgan fingerprint density at radius 2 is 1.48 bits per heavy atom. The zero-order valence-corrected chi connectivity index (χ0v) is 29.0. The predicted molar refractivity (Wildman–Crippen MR) is 183 cm³/mol. The Kier molecular flexibility index (Phi) is 9.82. The summed E-state index contributed by atoms with van der Waals surface area (Å²) in [6, 6.07) is 29.3. The molecule has 244 valence electrons. The van der Waals surface area contributed by atoms with Gasteiger partial charge < -0.3 is 18.6 Å². The number of benzene rings is 3. The molecule has 0 amide bonds. The highest BCUT2D eigenvalue weighted by Crippen LogP contribution is 2.49. The normalized spacial score (nSPS) is 20.5. The van der Waals surface area contributed by atoms with Crippen LogP contribution in [0.1, 0.15) is 50.1 Å². The minimum absolute atomic E-state index is 0.0448. The maximum atomic E-state index is 13.0. The van der Waals surface area contributed by atoms with E-state index in [4.69, 9.17) is 30.2 Å². The smallest absolute Gasteiger partial charge is 0.330 e. The van der Waals surface area contributed by atoms with Gasteiger partial charge in [-0.25, -0.2) is 4.79 Å². The SMILES string of the molecule is COc1ccc(C(O[C@@H]2C[C@H](n3ccc(=O)[nH]c3=O)O[C@]2(CCl)CO[Si](C)(C)C(C)(C)C)(c2ccccc2)c2ccccc2)cc1. The van der Waals surface area contributed by atoms with Gasteiger partial charge in [0.05, 0.1) is 25.7 Å². The van der Waals surface area contributed by atoms with E-state index in [1.807, 2.05) is 84.9 Å². The van der Waals surface area contributed by atoms with E-state index < -0.39 is 43.1 Å². The van der Waals surface area contributed by atoms with Crippen LogP contribution in [0, 0.1) is 0 Å². The molecule has 1 aliphatic heterocycles. The Labute approximate surface area is 276 Å². The van der Waals surface area contributed by atoms with E-state index in [0.29, 0.717) is 0 Å². The van der Waals surface area contributed by atoms with Crippen LogP contribution in [0.5, 0.6) is 5.75 Å². The molecule has 0 bridgehead atoms. The van der Waals surface area contributed by atoms with Crippen molar-refractivity contribution in [1.29, 1.82) is 0 Å². The first-order valence-corrected chi connectivity index (χ1v) is 18.9. The van der Waals surface area contributed by atoms with Gasteiger partial charge in [-0.15, -0.1) is 11.6 Å². The highest BCUT2D eigenvalue weighted by atomic mass is 35.5. The number of aromatic amines is 1. The Bertz CT molecular complexity index is 1680. The number of halogens is 1. The number of methoxy groups -OCH3 is 1. The lowest BCUT2D eigenvalue weighted by Gasteiger charge is -2.44. The molecule has 3 aromatic carbocycles. The molecule has 1 fully saturated rings. The molecule has 3 atom stereocenters. The number of hydrogen-bond donors (Lipinski definition) is 1. The molecule has 1 aromatic heterocycles. The van der Waals surface area contributed by atoms with Gasteiger partial charge in [0.25, 0.3) is 5.56 Å². The first kappa shape index (κ1) is 33.9. The largest absolute Gasteiger partial charge is 0.497 e. The first-order valence-electron chi connectivity index (χ1n) is 15.5. The van der Waals surface area contributed by atoms with Crippen LogP contribution in [0.15, 0.2) is 107 Å². The van der Waals surface area contributed by atoms with E-state index in [1.165, 1.54) is 16.8 Å². The summed E-state index contributed by atoms with van der Waals surface area (Å²) in [7, 11) is -0.632. The third-order valence-electron chi connectivity index (χ3n) is 9.42. The summed E-state index contributed by atoms with van der Waals surface area (Å²) in [4.78, 5) is 27.3. The lowest BCUT2D eigenvalue weighted by atomic mass is 9.79. The Balaban J connectivity index is 1.70. The van der Waals surface area contributed by atoms with Crippen LogP contribution in [0.25, 0.3) is 0 Å². The molecule has 0 saturated carbocycles. The molecule has 1 N–H and O–H groups in total. The summed E-state index contributed by atoms with van der Waals surface area (Å²) in [6.45, 7) is 11.1. The van der Waals surface area contributed by atoms with Crippen molar-refractivity contribution in [3.8, 4) is 5.75 Å². The van der Waals surface area contributed by atoms with Gasteiger partial charge >= 0.3 is 5.69 Å². The molecule has 1 aliphatic rings. The van der Waals surface area contributed by atoms with E-state index in [0.717, 1.165) is 22.4 Å². The van der Waals surface area contributed by atoms with Gasteiger partial charge in [-0.1, -0.05) is 93.6 Å². The summed E-state index contributed by atoms with van der Waals surface area (Å²) < 4.78 is 28.0. The average molecular weight is 663 g/mol. The van der Waals surface area contributed by atoms with Crippen molar-refractivity contribution in [3.05, 3.63) is 135 Å². The summed E-state index contributed by atoms with van der Waals surface area (Å²) in [5.74, 6) is 0.766. The average Bonchev–Trinajstić information content (AvgIpc) is 3.41. The van der Waals surface area contributed by atoms with Crippen molar-refractivity contribution in [1.82, 2.24) is 9.55 Å². The van der Waals surface area contributed by atoms with Crippen LogP contribution < -0.4 is 16.0 Å². The minimum atomic E-state index is -2.27. The van der Waals surface area contributed by atoms with E-state index in [-0.39, 0.29) is 23.9 Å². The molecule has 0 radical (unpaired) electrons. The van der Waals surface area contributed by atoms with Gasteiger partial charge in [0, 0.05) is 18.7 Å². The highest BCUT2D eigenvalue weighted by Gasteiger charge is 2.55. The van der Waals surface area contributed by atoms with Gasteiger partial charge in [0.1, 0.15) is 23.2 Å². The topological polar surface area (TPSA) is 91.8 Å². The van der Waals surface area contributed by atoms with Crippen LogP contribution in [-0.4, -0.2) is 49.2 Å². The van der Waals surface area contributed by atoms with Crippen LogP contribution in [0.2, 0.25) is 18.1 Å². The maximum Gasteiger partial charge on any atom is 0.330 e.